The number of fused-ring (bicyclic) bond motifs is 4. The van der Waals surface area contributed by atoms with Crippen molar-refractivity contribution in [1.29, 1.82) is 0 Å². The average molecular weight is 487 g/mol. The van der Waals surface area contributed by atoms with Crippen molar-refractivity contribution in [1.82, 2.24) is 0 Å². The molecule has 0 saturated heterocycles. The Kier molecular flexibility index (Phi) is 4.56. The predicted octanol–water partition coefficient (Wildman–Crippen LogP) is 10.1. The van der Waals surface area contributed by atoms with Crippen LogP contribution in [0.5, 0.6) is 0 Å². The Morgan fingerprint density at radius 3 is 1.87 bits per heavy atom. The molecular formula is C38H30. The summed E-state index contributed by atoms with van der Waals surface area (Å²) in [4.78, 5) is 0. The number of benzene rings is 6. The third-order valence-electron chi connectivity index (χ3n) is 9.13. The highest BCUT2D eigenvalue weighted by Gasteiger charge is 2.36. The van der Waals surface area contributed by atoms with E-state index in [0.717, 1.165) is 0 Å². The molecule has 0 heterocycles. The van der Waals surface area contributed by atoms with Gasteiger partial charge < -0.3 is 0 Å². The Bertz CT molecular complexity index is 1920. The first-order chi connectivity index (χ1) is 18.6. The van der Waals surface area contributed by atoms with Crippen LogP contribution in [0.3, 0.4) is 0 Å². The minimum Gasteiger partial charge on any atom is -0.0616 e. The van der Waals surface area contributed by atoms with E-state index in [4.69, 9.17) is 0 Å². The highest BCUT2D eigenvalue weighted by atomic mass is 14.4. The van der Waals surface area contributed by atoms with Gasteiger partial charge in [0.05, 0.1) is 0 Å². The molecule has 2 aliphatic rings. The molecule has 0 spiro atoms. The predicted molar refractivity (Wildman–Crippen MR) is 162 cm³/mol. The number of hydrogen-bond donors (Lipinski definition) is 0. The molecule has 0 aliphatic heterocycles. The molecular weight excluding hydrogens is 456 g/mol. The van der Waals surface area contributed by atoms with Gasteiger partial charge in [-0.1, -0.05) is 98.8 Å². The summed E-state index contributed by atoms with van der Waals surface area (Å²) in [5.41, 5.74) is 13.8. The van der Waals surface area contributed by atoms with E-state index in [1.807, 2.05) is 0 Å². The van der Waals surface area contributed by atoms with Gasteiger partial charge in [-0.2, -0.15) is 0 Å². The normalized spacial score (nSPS) is 15.0. The van der Waals surface area contributed by atoms with Crippen LogP contribution in [0.15, 0.2) is 109 Å². The Balaban J connectivity index is 1.23. The van der Waals surface area contributed by atoms with Gasteiger partial charge in [0, 0.05) is 5.41 Å². The van der Waals surface area contributed by atoms with Gasteiger partial charge in [-0.05, 0) is 121 Å². The molecule has 0 aromatic heterocycles. The van der Waals surface area contributed by atoms with Crippen molar-refractivity contribution in [2.24, 2.45) is 0 Å². The lowest BCUT2D eigenvalue weighted by atomic mass is 9.80. The van der Waals surface area contributed by atoms with E-state index in [1.54, 1.807) is 0 Å². The first-order valence-electron chi connectivity index (χ1n) is 13.9. The molecule has 0 radical (unpaired) electrons. The lowest BCUT2D eigenvalue weighted by Gasteiger charge is -2.23. The molecule has 6 aromatic rings. The zero-order valence-electron chi connectivity index (χ0n) is 22.0. The van der Waals surface area contributed by atoms with Crippen molar-refractivity contribution >= 4 is 21.5 Å². The summed E-state index contributed by atoms with van der Waals surface area (Å²) in [5.74, 6) is 0. The summed E-state index contributed by atoms with van der Waals surface area (Å²) in [6.07, 6.45) is 3.64. The standard InChI is InChI=1S/C38H30/c1-38(2)35-22-28(27-14-13-24-7-3-4-8-26(24)19-27)15-17-33(35)34-18-16-29(23-36(34)38)32-20-30-11-5-9-25-10-6-12-31(21-32)37(25)30/h3-5,7-9,11,13-23H,6,10,12H2,1-2H3. The Hall–Kier alpha value is -4.16. The van der Waals surface area contributed by atoms with E-state index < -0.39 is 0 Å². The van der Waals surface area contributed by atoms with Crippen molar-refractivity contribution in [2.45, 2.75) is 38.5 Å². The van der Waals surface area contributed by atoms with Crippen molar-refractivity contribution in [3.63, 3.8) is 0 Å². The second-order valence-corrected chi connectivity index (χ2v) is 11.7. The number of hydrogen-bond acceptors (Lipinski definition) is 0. The Labute approximate surface area is 224 Å². The van der Waals surface area contributed by atoms with Gasteiger partial charge in [0.15, 0.2) is 0 Å². The second-order valence-electron chi connectivity index (χ2n) is 11.7. The Morgan fingerprint density at radius 2 is 1.08 bits per heavy atom. The second kappa shape index (κ2) is 7.92. The van der Waals surface area contributed by atoms with E-state index in [1.165, 1.54) is 96.4 Å². The summed E-state index contributed by atoms with van der Waals surface area (Å²) in [6, 6.07) is 41.4. The van der Waals surface area contributed by atoms with E-state index in [0.29, 0.717) is 0 Å². The molecule has 2 aliphatic carbocycles. The lowest BCUT2D eigenvalue weighted by Crippen LogP contribution is -2.15. The summed E-state index contributed by atoms with van der Waals surface area (Å²) >= 11 is 0. The zero-order valence-corrected chi connectivity index (χ0v) is 22.0. The van der Waals surface area contributed by atoms with Gasteiger partial charge in [-0.3, -0.25) is 0 Å². The first kappa shape index (κ1) is 21.9. The van der Waals surface area contributed by atoms with Crippen molar-refractivity contribution in [3.05, 3.63) is 131 Å². The molecule has 38 heavy (non-hydrogen) atoms. The smallest absolute Gasteiger partial charge is 0.0159 e. The van der Waals surface area contributed by atoms with Crippen LogP contribution < -0.4 is 0 Å². The first-order valence-corrected chi connectivity index (χ1v) is 13.9. The third kappa shape index (κ3) is 3.16. The van der Waals surface area contributed by atoms with Crippen molar-refractivity contribution in [2.75, 3.05) is 0 Å². The van der Waals surface area contributed by atoms with Gasteiger partial charge in [0.25, 0.3) is 0 Å². The van der Waals surface area contributed by atoms with Crippen LogP contribution in [0.4, 0.5) is 0 Å². The van der Waals surface area contributed by atoms with Crippen LogP contribution in [0, 0.1) is 0 Å². The summed E-state index contributed by atoms with van der Waals surface area (Å²) in [5, 5.41) is 5.46. The summed E-state index contributed by atoms with van der Waals surface area (Å²) < 4.78 is 0. The van der Waals surface area contributed by atoms with Gasteiger partial charge >= 0.3 is 0 Å². The fourth-order valence-corrected chi connectivity index (χ4v) is 7.11. The molecule has 0 atom stereocenters. The van der Waals surface area contributed by atoms with Crippen molar-refractivity contribution < 1.29 is 0 Å². The third-order valence-corrected chi connectivity index (χ3v) is 9.13. The SMILES string of the molecule is CC1(C)c2cc(-c3ccc4ccccc4c3)ccc2-c2ccc(-c3cc4c5c(cccc5c3)CCC4)cc21. The molecule has 0 heteroatoms. The summed E-state index contributed by atoms with van der Waals surface area (Å²) in [6.45, 7) is 4.78. The maximum absolute atomic E-state index is 2.46. The topological polar surface area (TPSA) is 0 Å². The van der Waals surface area contributed by atoms with Gasteiger partial charge in [-0.15, -0.1) is 0 Å². The molecule has 0 bridgehead atoms. The van der Waals surface area contributed by atoms with Crippen LogP contribution in [-0.4, -0.2) is 0 Å². The minimum absolute atomic E-state index is 0.0498. The molecule has 0 fully saturated rings. The lowest BCUT2D eigenvalue weighted by molar-refractivity contribution is 0.661. The quantitative estimate of drug-likeness (QED) is 0.228. The van der Waals surface area contributed by atoms with E-state index >= 15 is 0 Å². The molecule has 6 aromatic carbocycles. The van der Waals surface area contributed by atoms with Crippen LogP contribution in [0.25, 0.3) is 54.9 Å². The molecule has 182 valence electrons. The maximum Gasteiger partial charge on any atom is 0.0159 e. The molecule has 0 nitrogen and oxygen atoms in total. The fourth-order valence-electron chi connectivity index (χ4n) is 7.11. The minimum atomic E-state index is -0.0498. The number of rotatable bonds is 2. The van der Waals surface area contributed by atoms with Crippen LogP contribution >= 0.6 is 0 Å². The van der Waals surface area contributed by atoms with Gasteiger partial charge in [0.1, 0.15) is 0 Å². The van der Waals surface area contributed by atoms with E-state index in [9.17, 15) is 0 Å². The fraction of sp³-hybridized carbons (Fsp3) is 0.158. The van der Waals surface area contributed by atoms with Gasteiger partial charge in [0.2, 0.25) is 0 Å². The molecule has 0 unspecified atom stereocenters. The van der Waals surface area contributed by atoms with Crippen LogP contribution in [0.1, 0.15) is 42.5 Å². The zero-order chi connectivity index (χ0) is 25.4. The molecule has 8 rings (SSSR count). The Morgan fingerprint density at radius 1 is 0.474 bits per heavy atom. The highest BCUT2D eigenvalue weighted by Crippen LogP contribution is 2.51. The van der Waals surface area contributed by atoms with Gasteiger partial charge in [-0.25, -0.2) is 0 Å². The number of aryl methyl sites for hydroxylation is 2. The van der Waals surface area contributed by atoms with E-state index in [2.05, 4.69) is 123 Å². The molecule has 0 N–H and O–H groups in total. The summed E-state index contributed by atoms with van der Waals surface area (Å²) in [7, 11) is 0. The highest BCUT2D eigenvalue weighted by molar-refractivity contribution is 5.94. The largest absolute Gasteiger partial charge is 0.0616 e. The van der Waals surface area contributed by atoms with Crippen LogP contribution in [-0.2, 0) is 18.3 Å². The van der Waals surface area contributed by atoms with Crippen LogP contribution in [0.2, 0.25) is 0 Å². The molecule has 0 amide bonds. The molecule has 0 saturated carbocycles. The monoisotopic (exact) mass is 486 g/mol. The van der Waals surface area contributed by atoms with Crippen molar-refractivity contribution in [3.8, 4) is 33.4 Å². The average Bonchev–Trinajstić information content (AvgIpc) is 3.18. The van der Waals surface area contributed by atoms with E-state index in [-0.39, 0.29) is 5.41 Å². The maximum atomic E-state index is 2.46.